The molecule has 1 nitrogen and oxygen atoms in total. The van der Waals surface area contributed by atoms with Crippen molar-refractivity contribution in [2.45, 2.75) is 38.6 Å². The molecule has 0 heterocycles. The number of terminal acetylenes is 1. The van der Waals surface area contributed by atoms with E-state index in [0.29, 0.717) is 0 Å². The molecule has 0 bridgehead atoms. The standard InChI is InChI=1S/C15H19Cl2N/c1-3-5-6-7-15(18-10-4-2)13-11-12(16)8-9-14(13)17/h1,8-9,11,15,18H,4-7,10H2,2H3. The van der Waals surface area contributed by atoms with Gasteiger partial charge in [0, 0.05) is 22.5 Å². The predicted molar refractivity (Wildman–Crippen MR) is 80.2 cm³/mol. The van der Waals surface area contributed by atoms with E-state index < -0.39 is 0 Å². The van der Waals surface area contributed by atoms with E-state index in [-0.39, 0.29) is 6.04 Å². The van der Waals surface area contributed by atoms with Crippen molar-refractivity contribution in [2.75, 3.05) is 6.54 Å². The van der Waals surface area contributed by atoms with E-state index in [2.05, 4.69) is 18.2 Å². The maximum absolute atomic E-state index is 6.24. The summed E-state index contributed by atoms with van der Waals surface area (Å²) in [4.78, 5) is 0. The lowest BCUT2D eigenvalue weighted by Crippen LogP contribution is -2.22. The van der Waals surface area contributed by atoms with Crippen molar-refractivity contribution in [1.82, 2.24) is 5.32 Å². The van der Waals surface area contributed by atoms with Gasteiger partial charge in [0.15, 0.2) is 0 Å². The van der Waals surface area contributed by atoms with Gasteiger partial charge in [0.1, 0.15) is 0 Å². The molecule has 1 atom stereocenters. The predicted octanol–water partition coefficient (Wildman–Crippen LogP) is 4.84. The molecule has 0 aliphatic heterocycles. The second-order valence-electron chi connectivity index (χ2n) is 4.27. The molecule has 0 aliphatic carbocycles. The number of benzene rings is 1. The normalized spacial score (nSPS) is 12.1. The van der Waals surface area contributed by atoms with Gasteiger partial charge in [0.05, 0.1) is 0 Å². The van der Waals surface area contributed by atoms with Crippen LogP contribution >= 0.6 is 23.2 Å². The molecule has 1 aromatic carbocycles. The van der Waals surface area contributed by atoms with Crippen molar-refractivity contribution < 1.29 is 0 Å². The summed E-state index contributed by atoms with van der Waals surface area (Å²) < 4.78 is 0. The van der Waals surface area contributed by atoms with Crippen LogP contribution in [0.2, 0.25) is 10.0 Å². The van der Waals surface area contributed by atoms with Crippen molar-refractivity contribution in [3.63, 3.8) is 0 Å². The van der Waals surface area contributed by atoms with E-state index in [9.17, 15) is 0 Å². The molecule has 18 heavy (non-hydrogen) atoms. The zero-order chi connectivity index (χ0) is 13.4. The van der Waals surface area contributed by atoms with Gasteiger partial charge in [-0.25, -0.2) is 0 Å². The molecular weight excluding hydrogens is 265 g/mol. The third kappa shape index (κ3) is 4.90. The molecule has 1 aromatic rings. The Morgan fingerprint density at radius 2 is 2.17 bits per heavy atom. The molecule has 0 aliphatic rings. The lowest BCUT2D eigenvalue weighted by molar-refractivity contribution is 0.487. The molecule has 1 N–H and O–H groups in total. The fourth-order valence-corrected chi connectivity index (χ4v) is 2.31. The molecule has 1 rings (SSSR count). The van der Waals surface area contributed by atoms with E-state index in [1.807, 2.05) is 18.2 Å². The van der Waals surface area contributed by atoms with Gasteiger partial charge in [-0.15, -0.1) is 12.3 Å². The molecule has 0 fully saturated rings. The van der Waals surface area contributed by atoms with Crippen LogP contribution in [0, 0.1) is 12.3 Å². The highest BCUT2D eigenvalue weighted by atomic mass is 35.5. The lowest BCUT2D eigenvalue weighted by atomic mass is 10.0. The van der Waals surface area contributed by atoms with Gasteiger partial charge < -0.3 is 5.32 Å². The molecular formula is C15H19Cl2N. The Labute approximate surface area is 120 Å². The zero-order valence-electron chi connectivity index (χ0n) is 10.7. The summed E-state index contributed by atoms with van der Waals surface area (Å²) in [6, 6.07) is 5.82. The van der Waals surface area contributed by atoms with Crippen molar-refractivity contribution >= 4 is 23.2 Å². The van der Waals surface area contributed by atoms with E-state index in [0.717, 1.165) is 47.8 Å². The first kappa shape index (κ1) is 15.4. The Kier molecular flexibility index (Phi) is 7.20. The smallest absolute Gasteiger partial charge is 0.0454 e. The maximum atomic E-state index is 6.24. The summed E-state index contributed by atoms with van der Waals surface area (Å²) >= 11 is 12.3. The van der Waals surface area contributed by atoms with Gasteiger partial charge in [-0.1, -0.05) is 30.1 Å². The third-order valence-electron chi connectivity index (χ3n) is 2.79. The minimum Gasteiger partial charge on any atom is -0.310 e. The van der Waals surface area contributed by atoms with Crippen LogP contribution in [-0.4, -0.2) is 6.54 Å². The van der Waals surface area contributed by atoms with E-state index in [4.69, 9.17) is 29.6 Å². The average molecular weight is 284 g/mol. The van der Waals surface area contributed by atoms with Crippen LogP contribution in [0.25, 0.3) is 0 Å². The topological polar surface area (TPSA) is 12.0 Å². The number of hydrogen-bond acceptors (Lipinski definition) is 1. The summed E-state index contributed by atoms with van der Waals surface area (Å²) in [6.45, 7) is 3.11. The Bertz CT molecular complexity index is 409. The number of hydrogen-bond donors (Lipinski definition) is 1. The Morgan fingerprint density at radius 1 is 1.39 bits per heavy atom. The van der Waals surface area contributed by atoms with Crippen LogP contribution < -0.4 is 5.32 Å². The van der Waals surface area contributed by atoms with Gasteiger partial charge in [-0.2, -0.15) is 0 Å². The fraction of sp³-hybridized carbons (Fsp3) is 0.467. The Hall–Kier alpha value is -0.680. The molecule has 98 valence electrons. The first-order valence-electron chi connectivity index (χ1n) is 6.30. The number of nitrogens with one attached hydrogen (secondary N) is 1. The number of halogens is 2. The average Bonchev–Trinajstić information content (AvgIpc) is 2.37. The van der Waals surface area contributed by atoms with Gasteiger partial charge in [-0.3, -0.25) is 0 Å². The summed E-state index contributed by atoms with van der Waals surface area (Å²) in [7, 11) is 0. The lowest BCUT2D eigenvalue weighted by Gasteiger charge is -2.20. The molecule has 0 spiro atoms. The second kappa shape index (κ2) is 8.43. The van der Waals surface area contributed by atoms with Gasteiger partial charge >= 0.3 is 0 Å². The number of rotatable bonds is 7. The summed E-state index contributed by atoms with van der Waals surface area (Å²) in [5.74, 6) is 2.67. The van der Waals surface area contributed by atoms with Crippen molar-refractivity contribution in [2.24, 2.45) is 0 Å². The van der Waals surface area contributed by atoms with Crippen LogP contribution in [0.5, 0.6) is 0 Å². The molecule has 0 amide bonds. The minimum absolute atomic E-state index is 0.226. The zero-order valence-corrected chi connectivity index (χ0v) is 12.2. The summed E-state index contributed by atoms with van der Waals surface area (Å²) in [6.07, 6.45) is 9.13. The molecule has 0 radical (unpaired) electrons. The van der Waals surface area contributed by atoms with Crippen LogP contribution in [0.1, 0.15) is 44.2 Å². The third-order valence-corrected chi connectivity index (χ3v) is 3.37. The van der Waals surface area contributed by atoms with E-state index in [1.165, 1.54) is 0 Å². The number of unbranched alkanes of at least 4 members (excludes halogenated alkanes) is 1. The quantitative estimate of drug-likeness (QED) is 0.558. The molecule has 0 saturated heterocycles. The molecule has 1 unspecified atom stereocenters. The van der Waals surface area contributed by atoms with E-state index in [1.54, 1.807) is 0 Å². The second-order valence-corrected chi connectivity index (χ2v) is 5.11. The molecule has 0 aromatic heterocycles. The van der Waals surface area contributed by atoms with Crippen LogP contribution in [0.4, 0.5) is 0 Å². The van der Waals surface area contributed by atoms with Crippen molar-refractivity contribution in [3.8, 4) is 12.3 Å². The summed E-state index contributed by atoms with van der Waals surface area (Å²) in [5, 5.41) is 4.98. The Balaban J connectivity index is 2.79. The largest absolute Gasteiger partial charge is 0.310 e. The van der Waals surface area contributed by atoms with Gasteiger partial charge in [0.2, 0.25) is 0 Å². The molecule has 3 heteroatoms. The highest BCUT2D eigenvalue weighted by molar-refractivity contribution is 6.33. The van der Waals surface area contributed by atoms with E-state index >= 15 is 0 Å². The van der Waals surface area contributed by atoms with Crippen LogP contribution in [0.15, 0.2) is 18.2 Å². The first-order valence-corrected chi connectivity index (χ1v) is 7.06. The van der Waals surface area contributed by atoms with Crippen molar-refractivity contribution in [1.29, 1.82) is 0 Å². The monoisotopic (exact) mass is 283 g/mol. The van der Waals surface area contributed by atoms with Gasteiger partial charge in [-0.05, 0) is 49.6 Å². The van der Waals surface area contributed by atoms with Crippen LogP contribution in [0.3, 0.4) is 0 Å². The SMILES string of the molecule is C#CCCCC(NCCC)c1cc(Cl)ccc1Cl. The van der Waals surface area contributed by atoms with Gasteiger partial charge in [0.25, 0.3) is 0 Å². The van der Waals surface area contributed by atoms with Crippen LogP contribution in [-0.2, 0) is 0 Å². The summed E-state index contributed by atoms with van der Waals surface area (Å²) in [5.41, 5.74) is 1.06. The Morgan fingerprint density at radius 3 is 2.83 bits per heavy atom. The first-order chi connectivity index (χ1) is 8.69. The highest BCUT2D eigenvalue weighted by Crippen LogP contribution is 2.29. The highest BCUT2D eigenvalue weighted by Gasteiger charge is 2.14. The molecule has 0 saturated carbocycles. The maximum Gasteiger partial charge on any atom is 0.0454 e. The fourth-order valence-electron chi connectivity index (χ4n) is 1.88. The minimum atomic E-state index is 0.226. The van der Waals surface area contributed by atoms with Crippen molar-refractivity contribution in [3.05, 3.63) is 33.8 Å².